The number of ether oxygens (including phenoxy) is 1. The van der Waals surface area contributed by atoms with Gasteiger partial charge in [-0.15, -0.1) is 0 Å². The fourth-order valence-corrected chi connectivity index (χ4v) is 3.52. The van der Waals surface area contributed by atoms with Gasteiger partial charge in [-0.1, -0.05) is 12.1 Å². The molecule has 31 heavy (non-hydrogen) atoms. The Hall–Kier alpha value is -3.00. The zero-order valence-corrected chi connectivity index (χ0v) is 18.8. The van der Waals surface area contributed by atoms with E-state index in [1.807, 2.05) is 13.8 Å². The zero-order valence-electron chi connectivity index (χ0n) is 17.2. The highest BCUT2D eigenvalue weighted by atomic mass is 79.9. The summed E-state index contributed by atoms with van der Waals surface area (Å²) in [6.07, 6.45) is 0. The standard InChI is InChI=1S/C23H21BrF2N2O3/c1-12(2)27-22(29)15-6-4-5-14(9-15)19-13(3)28-23(30)20(24)21(19)31-11-16-7-8-17(25)10-18(16)26/h4-10,12H,11H2,1-3H3,(H,27,29)(H,28,30). The van der Waals surface area contributed by atoms with Crippen LogP contribution in [0.1, 0.15) is 35.5 Å². The molecule has 0 aliphatic carbocycles. The van der Waals surface area contributed by atoms with Gasteiger partial charge < -0.3 is 15.0 Å². The van der Waals surface area contributed by atoms with Gasteiger partial charge >= 0.3 is 0 Å². The summed E-state index contributed by atoms with van der Waals surface area (Å²) in [6.45, 7) is 5.22. The molecule has 0 unspecified atom stereocenters. The van der Waals surface area contributed by atoms with Gasteiger partial charge in [0.1, 0.15) is 28.5 Å². The molecular weight excluding hydrogens is 470 g/mol. The highest BCUT2D eigenvalue weighted by Gasteiger charge is 2.19. The Labute approximate surface area is 186 Å². The van der Waals surface area contributed by atoms with E-state index in [0.29, 0.717) is 22.4 Å². The molecule has 0 saturated heterocycles. The number of nitrogens with one attached hydrogen (secondary N) is 2. The second-order valence-corrected chi connectivity index (χ2v) is 8.12. The summed E-state index contributed by atoms with van der Waals surface area (Å²) in [5, 5.41) is 2.84. The topological polar surface area (TPSA) is 71.2 Å². The Bertz CT molecular complexity index is 1190. The Balaban J connectivity index is 2.04. The van der Waals surface area contributed by atoms with E-state index in [0.717, 1.165) is 12.1 Å². The molecule has 0 fully saturated rings. The van der Waals surface area contributed by atoms with Crippen LogP contribution >= 0.6 is 15.9 Å². The molecule has 3 aromatic rings. The summed E-state index contributed by atoms with van der Waals surface area (Å²) >= 11 is 3.24. The van der Waals surface area contributed by atoms with E-state index in [1.165, 1.54) is 6.07 Å². The summed E-state index contributed by atoms with van der Waals surface area (Å²) in [4.78, 5) is 27.5. The number of aryl methyl sites for hydroxylation is 1. The van der Waals surface area contributed by atoms with E-state index in [2.05, 4.69) is 26.2 Å². The number of hydrogen-bond acceptors (Lipinski definition) is 3. The van der Waals surface area contributed by atoms with Crippen LogP contribution in [0.3, 0.4) is 0 Å². The van der Waals surface area contributed by atoms with E-state index in [-0.39, 0.29) is 34.3 Å². The smallest absolute Gasteiger partial charge is 0.266 e. The number of aromatic amines is 1. The van der Waals surface area contributed by atoms with Crippen molar-refractivity contribution in [1.82, 2.24) is 10.3 Å². The van der Waals surface area contributed by atoms with Gasteiger partial charge in [-0.05, 0) is 66.5 Å². The number of hydrogen-bond donors (Lipinski definition) is 2. The van der Waals surface area contributed by atoms with Crippen LogP contribution in [0, 0.1) is 18.6 Å². The fraction of sp³-hybridized carbons (Fsp3) is 0.217. The van der Waals surface area contributed by atoms with Crippen molar-refractivity contribution < 1.29 is 18.3 Å². The molecule has 5 nitrogen and oxygen atoms in total. The second-order valence-electron chi connectivity index (χ2n) is 7.33. The van der Waals surface area contributed by atoms with Crippen LogP contribution in [0.2, 0.25) is 0 Å². The van der Waals surface area contributed by atoms with Crippen molar-refractivity contribution >= 4 is 21.8 Å². The van der Waals surface area contributed by atoms with Gasteiger partial charge in [0.25, 0.3) is 11.5 Å². The van der Waals surface area contributed by atoms with Crippen LogP contribution in [0.5, 0.6) is 5.75 Å². The monoisotopic (exact) mass is 490 g/mol. The minimum absolute atomic E-state index is 0.0235. The average molecular weight is 491 g/mol. The highest BCUT2D eigenvalue weighted by Crippen LogP contribution is 2.37. The van der Waals surface area contributed by atoms with Gasteiger partial charge in [-0.3, -0.25) is 9.59 Å². The van der Waals surface area contributed by atoms with E-state index < -0.39 is 17.2 Å². The van der Waals surface area contributed by atoms with Crippen LogP contribution in [-0.2, 0) is 6.61 Å². The predicted octanol–water partition coefficient (Wildman–Crippen LogP) is 5.11. The number of aromatic nitrogens is 1. The summed E-state index contributed by atoms with van der Waals surface area (Å²) in [5.41, 5.74) is 1.88. The first-order chi connectivity index (χ1) is 14.7. The predicted molar refractivity (Wildman–Crippen MR) is 118 cm³/mol. The van der Waals surface area contributed by atoms with Crippen molar-refractivity contribution in [1.29, 1.82) is 0 Å². The van der Waals surface area contributed by atoms with E-state index in [4.69, 9.17) is 4.74 Å². The van der Waals surface area contributed by atoms with Crippen LogP contribution in [-0.4, -0.2) is 16.9 Å². The van der Waals surface area contributed by atoms with E-state index >= 15 is 0 Å². The Morgan fingerprint density at radius 3 is 2.61 bits per heavy atom. The quantitative estimate of drug-likeness (QED) is 0.504. The molecule has 162 valence electrons. The van der Waals surface area contributed by atoms with E-state index in [9.17, 15) is 18.4 Å². The van der Waals surface area contributed by atoms with Gasteiger partial charge in [0, 0.05) is 34.5 Å². The maximum atomic E-state index is 14.0. The molecule has 0 atom stereocenters. The minimum atomic E-state index is -0.744. The molecule has 0 bridgehead atoms. The average Bonchev–Trinajstić information content (AvgIpc) is 2.70. The van der Waals surface area contributed by atoms with Gasteiger partial charge in [-0.25, -0.2) is 8.78 Å². The summed E-state index contributed by atoms with van der Waals surface area (Å²) < 4.78 is 33.2. The van der Waals surface area contributed by atoms with Crippen molar-refractivity contribution in [2.24, 2.45) is 0 Å². The third kappa shape index (κ3) is 5.19. The number of pyridine rings is 1. The first-order valence-electron chi connectivity index (χ1n) is 9.57. The first-order valence-corrected chi connectivity index (χ1v) is 10.4. The van der Waals surface area contributed by atoms with Crippen molar-refractivity contribution in [3.05, 3.63) is 85.7 Å². The lowest BCUT2D eigenvalue weighted by molar-refractivity contribution is 0.0943. The number of rotatable bonds is 6. The van der Waals surface area contributed by atoms with Crippen molar-refractivity contribution in [3.63, 3.8) is 0 Å². The molecule has 0 radical (unpaired) electrons. The third-order valence-corrected chi connectivity index (χ3v) is 5.24. The van der Waals surface area contributed by atoms with Crippen LogP contribution in [0.25, 0.3) is 11.1 Å². The van der Waals surface area contributed by atoms with Crippen molar-refractivity contribution in [2.75, 3.05) is 0 Å². The maximum Gasteiger partial charge on any atom is 0.266 e. The lowest BCUT2D eigenvalue weighted by atomic mass is 10.0. The van der Waals surface area contributed by atoms with Crippen LogP contribution in [0.4, 0.5) is 8.78 Å². The number of benzene rings is 2. The van der Waals surface area contributed by atoms with Crippen LogP contribution in [0.15, 0.2) is 51.7 Å². The van der Waals surface area contributed by atoms with Gasteiger partial charge in [0.05, 0.1) is 0 Å². The molecular formula is C23H21BrF2N2O3. The van der Waals surface area contributed by atoms with E-state index in [1.54, 1.807) is 31.2 Å². The highest BCUT2D eigenvalue weighted by molar-refractivity contribution is 9.10. The molecule has 0 saturated carbocycles. The molecule has 0 aliphatic rings. The fourth-order valence-electron chi connectivity index (χ4n) is 3.10. The normalized spacial score (nSPS) is 10.9. The molecule has 1 amide bonds. The minimum Gasteiger partial charge on any atom is -0.487 e. The number of H-pyrrole nitrogens is 1. The lowest BCUT2D eigenvalue weighted by Crippen LogP contribution is -2.30. The van der Waals surface area contributed by atoms with Crippen molar-refractivity contribution in [2.45, 2.75) is 33.4 Å². The zero-order chi connectivity index (χ0) is 22.7. The number of carbonyl (C=O) groups excluding carboxylic acids is 1. The van der Waals surface area contributed by atoms with Gasteiger partial charge in [0.2, 0.25) is 0 Å². The number of carbonyl (C=O) groups is 1. The Kier molecular flexibility index (Phi) is 6.90. The third-order valence-electron chi connectivity index (χ3n) is 4.52. The molecule has 0 spiro atoms. The Morgan fingerprint density at radius 2 is 1.94 bits per heavy atom. The maximum absolute atomic E-state index is 14.0. The molecule has 1 heterocycles. The summed E-state index contributed by atoms with van der Waals surface area (Å²) in [5.74, 6) is -1.46. The van der Waals surface area contributed by atoms with Crippen LogP contribution < -0.4 is 15.6 Å². The number of halogens is 3. The first kappa shape index (κ1) is 22.7. The summed E-state index contributed by atoms with van der Waals surface area (Å²) in [7, 11) is 0. The largest absolute Gasteiger partial charge is 0.487 e. The second kappa shape index (κ2) is 9.43. The van der Waals surface area contributed by atoms with Gasteiger partial charge in [0.15, 0.2) is 0 Å². The molecule has 0 aliphatic heterocycles. The summed E-state index contributed by atoms with van der Waals surface area (Å²) in [6, 6.07) is 10.1. The van der Waals surface area contributed by atoms with Gasteiger partial charge in [-0.2, -0.15) is 0 Å². The number of amides is 1. The molecule has 1 aromatic heterocycles. The molecule has 2 aromatic carbocycles. The molecule has 3 rings (SSSR count). The molecule has 2 N–H and O–H groups in total. The Morgan fingerprint density at radius 1 is 1.19 bits per heavy atom. The van der Waals surface area contributed by atoms with Crippen molar-refractivity contribution in [3.8, 4) is 16.9 Å². The lowest BCUT2D eigenvalue weighted by Gasteiger charge is -2.17. The molecule has 8 heteroatoms. The SMILES string of the molecule is Cc1[nH]c(=O)c(Br)c(OCc2ccc(F)cc2F)c1-c1cccc(C(=O)NC(C)C)c1.